The van der Waals surface area contributed by atoms with Crippen LogP contribution in [0.5, 0.6) is 0 Å². The summed E-state index contributed by atoms with van der Waals surface area (Å²) in [6.45, 7) is 0. The van der Waals surface area contributed by atoms with Gasteiger partial charge in [-0.15, -0.1) is 0 Å². The average Bonchev–Trinajstić information content (AvgIpc) is 2.41. The number of hydrogen-bond acceptors (Lipinski definition) is 6. The van der Waals surface area contributed by atoms with Crippen LogP contribution in [0.3, 0.4) is 0 Å². The van der Waals surface area contributed by atoms with Gasteiger partial charge in [0.1, 0.15) is 5.15 Å². The number of methoxy groups -OCH3 is 2. The number of rotatable bonds is 4. The van der Waals surface area contributed by atoms with Crippen molar-refractivity contribution in [3.05, 3.63) is 28.0 Å². The van der Waals surface area contributed by atoms with Gasteiger partial charge in [-0.3, -0.25) is 14.4 Å². The van der Waals surface area contributed by atoms with Crippen molar-refractivity contribution in [2.75, 3.05) is 14.2 Å². The Hall–Kier alpha value is -1.66. The highest BCUT2D eigenvalue weighted by Crippen LogP contribution is 2.22. The zero-order valence-electron chi connectivity index (χ0n) is 9.98. The van der Waals surface area contributed by atoms with Crippen LogP contribution in [0.2, 0.25) is 10.2 Å². The minimum Gasteiger partial charge on any atom is -0.468 e. The van der Waals surface area contributed by atoms with Crippen LogP contribution in [-0.4, -0.2) is 36.9 Å². The summed E-state index contributed by atoms with van der Waals surface area (Å²) >= 11 is 11.3. The lowest BCUT2D eigenvalue weighted by Crippen LogP contribution is -2.34. The molecule has 1 aromatic heterocycles. The highest BCUT2D eigenvalue weighted by molar-refractivity contribution is 6.41. The Morgan fingerprint density at radius 3 is 2.11 bits per heavy atom. The van der Waals surface area contributed by atoms with E-state index in [1.54, 1.807) is 0 Å². The summed E-state index contributed by atoms with van der Waals surface area (Å²) in [7, 11) is 2.11. The Kier molecular flexibility index (Phi) is 5.26. The number of esters is 2. The van der Waals surface area contributed by atoms with E-state index in [0.717, 1.165) is 20.4 Å². The molecule has 102 valence electrons. The van der Waals surface area contributed by atoms with Gasteiger partial charge in [0.2, 0.25) is 5.92 Å². The van der Waals surface area contributed by atoms with Crippen molar-refractivity contribution in [1.82, 2.24) is 4.98 Å². The van der Waals surface area contributed by atoms with Gasteiger partial charge in [-0.1, -0.05) is 23.2 Å². The summed E-state index contributed by atoms with van der Waals surface area (Å²) < 4.78 is 8.78. The molecule has 0 fully saturated rings. The third-order valence-electron chi connectivity index (χ3n) is 2.22. The van der Waals surface area contributed by atoms with Gasteiger partial charge in [0, 0.05) is 11.8 Å². The fraction of sp³-hybridized carbons (Fsp3) is 0.273. The molecule has 1 rings (SSSR count). The molecule has 0 aliphatic carbocycles. The fourth-order valence-corrected chi connectivity index (χ4v) is 1.54. The van der Waals surface area contributed by atoms with Gasteiger partial charge in [-0.05, 0) is 6.07 Å². The Morgan fingerprint density at radius 1 is 1.16 bits per heavy atom. The number of aromatic nitrogens is 1. The molecule has 8 heteroatoms. The third kappa shape index (κ3) is 3.42. The predicted molar refractivity (Wildman–Crippen MR) is 66.1 cm³/mol. The Labute approximate surface area is 118 Å². The second kappa shape index (κ2) is 6.49. The average molecular weight is 306 g/mol. The van der Waals surface area contributed by atoms with Crippen molar-refractivity contribution >= 4 is 40.9 Å². The molecule has 0 saturated carbocycles. The van der Waals surface area contributed by atoms with Crippen LogP contribution in [0.4, 0.5) is 0 Å². The largest absolute Gasteiger partial charge is 0.468 e. The van der Waals surface area contributed by atoms with Crippen LogP contribution in [0.1, 0.15) is 10.4 Å². The second-order valence-corrected chi connectivity index (χ2v) is 4.11. The van der Waals surface area contributed by atoms with Crippen molar-refractivity contribution < 1.29 is 23.9 Å². The standard InChI is InChI=1S/C11H9Cl2NO5/c1-18-10(16)7(11(17)19-2)8(15)5-3-6(12)9(13)14-4-5/h3-4,7H,1-2H3. The first-order valence-electron chi connectivity index (χ1n) is 4.93. The maximum atomic E-state index is 12.1. The first kappa shape index (κ1) is 15.4. The molecule has 0 N–H and O–H groups in total. The predicted octanol–water partition coefficient (Wildman–Crippen LogP) is 1.53. The number of Topliss-reactive ketones (excluding diaryl/α,β-unsaturated/α-hetero) is 1. The number of halogens is 2. The van der Waals surface area contributed by atoms with Gasteiger partial charge in [-0.2, -0.15) is 0 Å². The highest BCUT2D eigenvalue weighted by Gasteiger charge is 2.37. The summed E-state index contributed by atoms with van der Waals surface area (Å²) in [5.74, 6) is -4.59. The van der Waals surface area contributed by atoms with Crippen LogP contribution in [0.15, 0.2) is 12.3 Å². The van der Waals surface area contributed by atoms with E-state index in [1.165, 1.54) is 6.07 Å². The second-order valence-electron chi connectivity index (χ2n) is 3.34. The molecule has 0 atom stereocenters. The molecular weight excluding hydrogens is 297 g/mol. The number of nitrogens with zero attached hydrogens (tertiary/aromatic N) is 1. The first-order valence-corrected chi connectivity index (χ1v) is 5.68. The van der Waals surface area contributed by atoms with E-state index in [4.69, 9.17) is 23.2 Å². The third-order valence-corrected chi connectivity index (χ3v) is 2.90. The van der Waals surface area contributed by atoms with Crippen LogP contribution < -0.4 is 0 Å². The fourth-order valence-electron chi connectivity index (χ4n) is 1.27. The van der Waals surface area contributed by atoms with E-state index in [0.29, 0.717) is 0 Å². The van der Waals surface area contributed by atoms with Gasteiger partial charge in [0.25, 0.3) is 0 Å². The maximum absolute atomic E-state index is 12.1. The smallest absolute Gasteiger partial charge is 0.328 e. The molecule has 6 nitrogen and oxygen atoms in total. The lowest BCUT2D eigenvalue weighted by molar-refractivity contribution is -0.155. The van der Waals surface area contributed by atoms with Crippen molar-refractivity contribution in [3.63, 3.8) is 0 Å². The number of ether oxygens (including phenoxy) is 2. The van der Waals surface area contributed by atoms with Crippen LogP contribution in [0, 0.1) is 5.92 Å². The Morgan fingerprint density at radius 2 is 1.68 bits per heavy atom. The van der Waals surface area contributed by atoms with Crippen LogP contribution >= 0.6 is 23.2 Å². The lowest BCUT2D eigenvalue weighted by atomic mass is 9.99. The minimum atomic E-state index is -1.71. The van der Waals surface area contributed by atoms with E-state index >= 15 is 0 Å². The van der Waals surface area contributed by atoms with Crippen molar-refractivity contribution in [2.24, 2.45) is 5.92 Å². The Bertz CT molecular complexity index is 516. The summed E-state index contributed by atoms with van der Waals surface area (Å²) in [5, 5.41) is 0.0342. The van der Waals surface area contributed by atoms with Gasteiger partial charge in [0.15, 0.2) is 5.78 Å². The number of carbonyl (C=O) groups excluding carboxylic acids is 3. The summed E-state index contributed by atoms with van der Waals surface area (Å²) in [6.07, 6.45) is 1.11. The SMILES string of the molecule is COC(=O)C(C(=O)OC)C(=O)c1cnc(Cl)c(Cl)c1. The van der Waals surface area contributed by atoms with E-state index in [1.807, 2.05) is 0 Å². The van der Waals surface area contributed by atoms with E-state index in [2.05, 4.69) is 14.5 Å². The van der Waals surface area contributed by atoms with Crippen molar-refractivity contribution in [1.29, 1.82) is 0 Å². The van der Waals surface area contributed by atoms with Gasteiger partial charge < -0.3 is 9.47 Å². The first-order chi connectivity index (χ1) is 8.92. The van der Waals surface area contributed by atoms with Gasteiger partial charge >= 0.3 is 11.9 Å². The summed E-state index contributed by atoms with van der Waals surface area (Å²) in [5.41, 5.74) is -0.0461. The Balaban J connectivity index is 3.15. The topological polar surface area (TPSA) is 82.6 Å². The van der Waals surface area contributed by atoms with Crippen molar-refractivity contribution in [2.45, 2.75) is 0 Å². The molecule has 0 saturated heterocycles. The monoisotopic (exact) mass is 305 g/mol. The van der Waals surface area contributed by atoms with Crippen molar-refractivity contribution in [3.8, 4) is 0 Å². The molecule has 1 heterocycles. The molecule has 0 aromatic carbocycles. The molecule has 0 unspecified atom stereocenters. The molecule has 0 spiro atoms. The summed E-state index contributed by atoms with van der Waals surface area (Å²) in [4.78, 5) is 38.6. The molecule has 0 bridgehead atoms. The maximum Gasteiger partial charge on any atom is 0.328 e. The van der Waals surface area contributed by atoms with Gasteiger partial charge in [-0.25, -0.2) is 4.98 Å². The number of pyridine rings is 1. The number of hydrogen-bond donors (Lipinski definition) is 0. The van der Waals surface area contributed by atoms with Crippen LogP contribution in [-0.2, 0) is 19.1 Å². The molecule has 0 aliphatic rings. The van der Waals surface area contributed by atoms with E-state index in [9.17, 15) is 14.4 Å². The number of carbonyl (C=O) groups is 3. The zero-order valence-corrected chi connectivity index (χ0v) is 11.5. The highest BCUT2D eigenvalue weighted by atomic mass is 35.5. The summed E-state index contributed by atoms with van der Waals surface area (Å²) in [6, 6.07) is 1.21. The molecule has 0 amide bonds. The lowest BCUT2D eigenvalue weighted by Gasteiger charge is -2.11. The minimum absolute atomic E-state index is 0.00547. The number of ketones is 1. The van der Waals surface area contributed by atoms with Crippen LogP contribution in [0.25, 0.3) is 0 Å². The van der Waals surface area contributed by atoms with E-state index in [-0.39, 0.29) is 15.7 Å². The molecule has 19 heavy (non-hydrogen) atoms. The quantitative estimate of drug-likeness (QED) is 0.363. The molecule has 0 radical (unpaired) electrons. The molecular formula is C11H9Cl2NO5. The molecule has 0 aliphatic heterocycles. The normalized spacial score (nSPS) is 10.2. The van der Waals surface area contributed by atoms with Gasteiger partial charge in [0.05, 0.1) is 19.2 Å². The molecule has 1 aromatic rings. The van der Waals surface area contributed by atoms with E-state index < -0.39 is 23.6 Å². The zero-order chi connectivity index (χ0) is 14.6.